The highest BCUT2D eigenvalue weighted by Gasteiger charge is 2.46. The van der Waals surface area contributed by atoms with Crippen LogP contribution in [0.15, 0.2) is 0 Å². The van der Waals surface area contributed by atoms with Crippen LogP contribution >= 0.6 is 0 Å². The fraction of sp³-hybridized carbons (Fsp3) is 1.00. The zero-order chi connectivity index (χ0) is 15.7. The minimum atomic E-state index is -1.69. The Hall–Kier alpha value is -0.400. The Balaban J connectivity index is 1.88. The quantitative estimate of drug-likeness (QED) is 0.267. The third-order valence-corrected chi connectivity index (χ3v) is 3.61. The Morgan fingerprint density at radius 2 is 1.33 bits per heavy atom. The molecule has 2 fully saturated rings. The second-order valence-corrected chi connectivity index (χ2v) is 5.08. The average Bonchev–Trinajstić information content (AvgIpc) is 2.75. The van der Waals surface area contributed by atoms with Crippen LogP contribution in [-0.2, 0) is 14.2 Å². The molecule has 2 rings (SSSR count). The molecule has 0 bridgehead atoms. The van der Waals surface area contributed by atoms with Gasteiger partial charge in [0.2, 0.25) is 0 Å². The van der Waals surface area contributed by atoms with Gasteiger partial charge < -0.3 is 50.0 Å². The van der Waals surface area contributed by atoms with E-state index in [0.29, 0.717) is 0 Å². The zero-order valence-electron chi connectivity index (χ0n) is 11.0. The van der Waals surface area contributed by atoms with Gasteiger partial charge in [0.05, 0.1) is 13.2 Å². The van der Waals surface area contributed by atoms with Crippen LogP contribution in [0.5, 0.6) is 0 Å². The first-order chi connectivity index (χ1) is 9.86. The van der Waals surface area contributed by atoms with Gasteiger partial charge in [-0.3, -0.25) is 0 Å². The van der Waals surface area contributed by atoms with Crippen LogP contribution in [0.3, 0.4) is 0 Å². The van der Waals surface area contributed by atoms with E-state index in [1.807, 2.05) is 0 Å². The Morgan fingerprint density at radius 1 is 0.714 bits per heavy atom. The van der Waals surface area contributed by atoms with Crippen molar-refractivity contribution in [1.29, 1.82) is 0 Å². The molecule has 2 aliphatic heterocycles. The number of hydrogen-bond donors (Lipinski definition) is 7. The van der Waals surface area contributed by atoms with Crippen molar-refractivity contribution in [3.8, 4) is 0 Å². The van der Waals surface area contributed by atoms with Crippen molar-refractivity contribution in [3.63, 3.8) is 0 Å². The average molecular weight is 312 g/mol. The molecule has 0 amide bonds. The minimum absolute atomic E-state index is 0.380. The van der Waals surface area contributed by atoms with E-state index in [2.05, 4.69) is 0 Å². The Kier molecular flexibility index (Phi) is 5.48. The molecule has 9 atom stereocenters. The molecular formula is C11H20O10. The maximum atomic E-state index is 9.70. The molecule has 124 valence electrons. The largest absolute Gasteiger partial charge is 0.394 e. The van der Waals surface area contributed by atoms with Gasteiger partial charge >= 0.3 is 0 Å². The Labute approximate surface area is 119 Å². The fourth-order valence-electron chi connectivity index (χ4n) is 2.26. The van der Waals surface area contributed by atoms with Gasteiger partial charge in [0.25, 0.3) is 0 Å². The number of ether oxygens (including phenoxy) is 3. The first-order valence-corrected chi connectivity index (χ1v) is 6.48. The molecule has 0 spiro atoms. The lowest BCUT2D eigenvalue weighted by molar-refractivity contribution is -0.297. The summed E-state index contributed by atoms with van der Waals surface area (Å²) in [5.41, 5.74) is 0. The predicted octanol–water partition coefficient (Wildman–Crippen LogP) is -4.76. The standard InChI is InChI=1S/C11H20O10/c12-1-3-5(13)9(17)11(21-3)19-2-4-6(14)7(15)8(16)10(18)20-4/h3-18H,1-2H2/t3-,4+,5-,6+,7-,8+,9+,10?,11?/m0/s1. The van der Waals surface area contributed by atoms with E-state index in [1.165, 1.54) is 0 Å². The number of rotatable bonds is 4. The van der Waals surface area contributed by atoms with Crippen molar-refractivity contribution in [1.82, 2.24) is 0 Å². The topological polar surface area (TPSA) is 169 Å². The molecule has 2 saturated heterocycles. The van der Waals surface area contributed by atoms with E-state index in [4.69, 9.17) is 19.3 Å². The second kappa shape index (κ2) is 6.79. The highest BCUT2D eigenvalue weighted by atomic mass is 16.7. The Bertz CT molecular complexity index is 341. The molecular weight excluding hydrogens is 292 g/mol. The maximum Gasteiger partial charge on any atom is 0.186 e. The normalized spacial score (nSPS) is 51.3. The first-order valence-electron chi connectivity index (χ1n) is 6.48. The van der Waals surface area contributed by atoms with Crippen LogP contribution in [0.4, 0.5) is 0 Å². The molecule has 10 heteroatoms. The molecule has 0 aromatic heterocycles. The Morgan fingerprint density at radius 3 is 1.90 bits per heavy atom. The molecule has 2 heterocycles. The van der Waals surface area contributed by atoms with Gasteiger partial charge in [-0.2, -0.15) is 0 Å². The van der Waals surface area contributed by atoms with Crippen molar-refractivity contribution in [3.05, 3.63) is 0 Å². The molecule has 21 heavy (non-hydrogen) atoms. The van der Waals surface area contributed by atoms with Crippen molar-refractivity contribution in [2.24, 2.45) is 0 Å². The molecule has 7 N–H and O–H groups in total. The number of aliphatic hydroxyl groups excluding tert-OH is 7. The summed E-state index contributed by atoms with van der Waals surface area (Å²) in [7, 11) is 0. The van der Waals surface area contributed by atoms with Crippen molar-refractivity contribution in [2.75, 3.05) is 13.2 Å². The molecule has 0 aliphatic carbocycles. The second-order valence-electron chi connectivity index (χ2n) is 5.08. The SMILES string of the molecule is OC[C@@H]1OC(OC[C@H]2OC(O)[C@H](O)[C@@H](O)[C@@H]2O)[C@H](O)[C@H]1O. The molecule has 0 saturated carbocycles. The summed E-state index contributed by atoms with van der Waals surface area (Å²) in [6.45, 7) is -0.890. The number of aliphatic hydroxyl groups is 7. The third-order valence-electron chi connectivity index (χ3n) is 3.61. The lowest BCUT2D eigenvalue weighted by atomic mass is 9.99. The fourth-order valence-corrected chi connectivity index (χ4v) is 2.26. The summed E-state index contributed by atoms with van der Waals surface area (Å²) in [5, 5.41) is 66.0. The van der Waals surface area contributed by atoms with Gasteiger partial charge in [0.1, 0.15) is 42.7 Å². The summed E-state index contributed by atoms with van der Waals surface area (Å²) in [6.07, 6.45) is -12.6. The molecule has 0 aromatic rings. The van der Waals surface area contributed by atoms with Crippen LogP contribution in [-0.4, -0.2) is 104 Å². The van der Waals surface area contributed by atoms with Crippen molar-refractivity contribution < 1.29 is 50.0 Å². The van der Waals surface area contributed by atoms with Crippen LogP contribution in [0, 0.1) is 0 Å². The van der Waals surface area contributed by atoms with Crippen molar-refractivity contribution >= 4 is 0 Å². The summed E-state index contributed by atoms with van der Waals surface area (Å²) in [4.78, 5) is 0. The lowest BCUT2D eigenvalue weighted by Gasteiger charge is -2.38. The van der Waals surface area contributed by atoms with Crippen LogP contribution < -0.4 is 0 Å². The van der Waals surface area contributed by atoms with Crippen LogP contribution in [0.25, 0.3) is 0 Å². The van der Waals surface area contributed by atoms with Gasteiger partial charge in [-0.1, -0.05) is 0 Å². The molecule has 2 aliphatic rings. The van der Waals surface area contributed by atoms with Gasteiger partial charge in [-0.15, -0.1) is 0 Å². The summed E-state index contributed by atoms with van der Waals surface area (Å²) in [6, 6.07) is 0. The van der Waals surface area contributed by atoms with Crippen LogP contribution in [0.1, 0.15) is 0 Å². The monoisotopic (exact) mass is 312 g/mol. The highest BCUT2D eigenvalue weighted by molar-refractivity contribution is 4.90. The van der Waals surface area contributed by atoms with Crippen LogP contribution in [0.2, 0.25) is 0 Å². The van der Waals surface area contributed by atoms with E-state index in [0.717, 1.165) is 0 Å². The molecule has 10 nitrogen and oxygen atoms in total. The number of hydrogen-bond acceptors (Lipinski definition) is 10. The predicted molar refractivity (Wildman–Crippen MR) is 62.6 cm³/mol. The zero-order valence-corrected chi connectivity index (χ0v) is 11.0. The van der Waals surface area contributed by atoms with E-state index in [1.54, 1.807) is 0 Å². The third kappa shape index (κ3) is 3.35. The first kappa shape index (κ1) is 17.0. The van der Waals surface area contributed by atoms with E-state index < -0.39 is 61.9 Å². The highest BCUT2D eigenvalue weighted by Crippen LogP contribution is 2.24. The van der Waals surface area contributed by atoms with Crippen molar-refractivity contribution in [2.45, 2.75) is 55.3 Å². The molecule has 0 aromatic carbocycles. The summed E-state index contributed by atoms with van der Waals surface area (Å²) >= 11 is 0. The maximum absolute atomic E-state index is 9.70. The minimum Gasteiger partial charge on any atom is -0.394 e. The van der Waals surface area contributed by atoms with Gasteiger partial charge in [-0.25, -0.2) is 0 Å². The van der Waals surface area contributed by atoms with E-state index >= 15 is 0 Å². The lowest BCUT2D eigenvalue weighted by Crippen LogP contribution is -2.58. The van der Waals surface area contributed by atoms with Gasteiger partial charge in [0.15, 0.2) is 12.6 Å². The van der Waals surface area contributed by atoms with E-state index in [9.17, 15) is 30.6 Å². The summed E-state index contributed by atoms with van der Waals surface area (Å²) in [5.74, 6) is 0. The molecule has 0 radical (unpaired) electrons. The molecule has 2 unspecified atom stereocenters. The van der Waals surface area contributed by atoms with Gasteiger partial charge in [-0.05, 0) is 0 Å². The smallest absolute Gasteiger partial charge is 0.186 e. The van der Waals surface area contributed by atoms with Gasteiger partial charge in [0, 0.05) is 0 Å². The summed E-state index contributed by atoms with van der Waals surface area (Å²) < 4.78 is 15.1. The van der Waals surface area contributed by atoms with E-state index in [-0.39, 0.29) is 6.61 Å².